The second-order valence-corrected chi connectivity index (χ2v) is 9.11. The molecule has 0 radical (unpaired) electrons. The summed E-state index contributed by atoms with van der Waals surface area (Å²) in [5, 5.41) is 3.77. The lowest BCUT2D eigenvalue weighted by atomic mass is 9.78. The molecule has 0 saturated heterocycles. The highest BCUT2D eigenvalue weighted by Crippen LogP contribution is 2.34. The molecule has 1 aliphatic carbocycles. The molecule has 8 heteroatoms. The summed E-state index contributed by atoms with van der Waals surface area (Å²) in [5.41, 5.74) is 8.04. The minimum atomic E-state index is -0.187. The average Bonchev–Trinajstić information content (AvgIpc) is 3.25. The van der Waals surface area contributed by atoms with Gasteiger partial charge in [-0.05, 0) is 55.2 Å². The van der Waals surface area contributed by atoms with Crippen LogP contribution in [0.15, 0.2) is 65.3 Å². The van der Waals surface area contributed by atoms with Gasteiger partial charge < -0.3 is 19.7 Å². The van der Waals surface area contributed by atoms with Crippen LogP contribution in [0.25, 0.3) is 11.7 Å². The van der Waals surface area contributed by atoms with Crippen LogP contribution in [0.1, 0.15) is 43.6 Å². The van der Waals surface area contributed by atoms with Gasteiger partial charge in [0.25, 0.3) is 5.89 Å². The lowest BCUT2D eigenvalue weighted by Gasteiger charge is -2.33. The van der Waals surface area contributed by atoms with Crippen LogP contribution in [0.4, 0.5) is 0 Å². The molecule has 1 fully saturated rings. The first-order valence-electron chi connectivity index (χ1n) is 11.3. The Morgan fingerprint density at radius 2 is 1.56 bits per heavy atom. The fourth-order valence-corrected chi connectivity index (χ4v) is 3.96. The number of aryl methyl sites for hydroxylation is 1. The number of aromatic nitrogens is 4. The second-order valence-electron chi connectivity index (χ2n) is 9.11. The Hall–Kier alpha value is -3.78. The first-order valence-corrected chi connectivity index (χ1v) is 11.3. The molecular weight excluding hydrogens is 430 g/mol. The van der Waals surface area contributed by atoms with Crippen LogP contribution in [0.5, 0.6) is 17.4 Å². The van der Waals surface area contributed by atoms with Gasteiger partial charge in [0, 0.05) is 23.7 Å². The number of hydrogen-bond donors (Lipinski definition) is 1. The summed E-state index contributed by atoms with van der Waals surface area (Å²) >= 11 is 0. The van der Waals surface area contributed by atoms with Crippen LogP contribution in [-0.2, 0) is 5.41 Å². The van der Waals surface area contributed by atoms with Crippen LogP contribution in [0, 0.1) is 6.92 Å². The van der Waals surface area contributed by atoms with Gasteiger partial charge in [-0.2, -0.15) is 9.97 Å². The number of hydrogen-bond acceptors (Lipinski definition) is 8. The van der Waals surface area contributed by atoms with E-state index in [4.69, 9.17) is 19.7 Å². The van der Waals surface area contributed by atoms with Crippen molar-refractivity contribution in [2.24, 2.45) is 5.73 Å². The van der Waals surface area contributed by atoms with Crippen molar-refractivity contribution in [3.8, 4) is 29.1 Å². The minimum absolute atomic E-state index is 0.187. The van der Waals surface area contributed by atoms with E-state index >= 15 is 0 Å². The molecule has 2 N–H and O–H groups in total. The molecule has 34 heavy (non-hydrogen) atoms. The van der Waals surface area contributed by atoms with Gasteiger partial charge in [-0.1, -0.05) is 43.3 Å². The lowest BCUT2D eigenvalue weighted by Crippen LogP contribution is -2.43. The Morgan fingerprint density at radius 1 is 0.912 bits per heavy atom. The molecule has 1 saturated carbocycles. The van der Waals surface area contributed by atoms with Gasteiger partial charge in [0.05, 0.1) is 0 Å². The van der Waals surface area contributed by atoms with Crippen molar-refractivity contribution in [1.82, 2.24) is 20.1 Å². The van der Waals surface area contributed by atoms with E-state index in [0.717, 1.165) is 18.6 Å². The van der Waals surface area contributed by atoms with E-state index in [-0.39, 0.29) is 23.5 Å². The number of nitrogens with two attached hydrogens (primary N) is 1. The van der Waals surface area contributed by atoms with Crippen LogP contribution in [-0.4, -0.2) is 32.3 Å². The zero-order valence-electron chi connectivity index (χ0n) is 19.4. The molecule has 0 amide bonds. The molecule has 8 nitrogen and oxygen atoms in total. The number of nitrogens with zero attached hydrogens (tertiary/aromatic N) is 4. The van der Waals surface area contributed by atoms with Gasteiger partial charge in [0.15, 0.2) is 5.82 Å². The summed E-state index contributed by atoms with van der Waals surface area (Å²) in [4.78, 5) is 12.7. The first-order chi connectivity index (χ1) is 16.4. The molecule has 0 bridgehead atoms. The topological polar surface area (TPSA) is 109 Å². The summed E-state index contributed by atoms with van der Waals surface area (Å²) in [6.07, 6.45) is 3.69. The van der Waals surface area contributed by atoms with Crippen molar-refractivity contribution in [3.63, 3.8) is 0 Å². The Labute approximate surface area is 198 Å². The highest BCUT2D eigenvalue weighted by Gasteiger charge is 2.28. The highest BCUT2D eigenvalue weighted by atomic mass is 16.5. The molecule has 1 aliphatic rings. The SMILES string of the molecule is Cc1noc(-c2nccc(Oc3ccc(C(C)(C)c4ccc(OC5CC(N)C5)cc4)cc3)n2)n1. The van der Waals surface area contributed by atoms with Crippen LogP contribution < -0.4 is 15.2 Å². The van der Waals surface area contributed by atoms with Crippen LogP contribution in [0.2, 0.25) is 0 Å². The number of benzene rings is 2. The predicted octanol–water partition coefficient (Wildman–Crippen LogP) is 4.82. The van der Waals surface area contributed by atoms with E-state index in [1.807, 2.05) is 24.3 Å². The van der Waals surface area contributed by atoms with E-state index in [1.54, 1.807) is 19.2 Å². The van der Waals surface area contributed by atoms with Gasteiger partial charge in [0.2, 0.25) is 11.7 Å². The van der Waals surface area contributed by atoms with Crippen molar-refractivity contribution in [2.45, 2.75) is 51.2 Å². The van der Waals surface area contributed by atoms with E-state index in [1.165, 1.54) is 11.1 Å². The van der Waals surface area contributed by atoms with E-state index < -0.39 is 0 Å². The molecule has 174 valence electrons. The van der Waals surface area contributed by atoms with Crippen molar-refractivity contribution in [3.05, 3.63) is 77.7 Å². The smallest absolute Gasteiger partial charge is 0.295 e. The quantitative estimate of drug-likeness (QED) is 0.421. The van der Waals surface area contributed by atoms with Crippen molar-refractivity contribution >= 4 is 0 Å². The summed E-state index contributed by atoms with van der Waals surface area (Å²) in [7, 11) is 0. The van der Waals surface area contributed by atoms with Gasteiger partial charge >= 0.3 is 0 Å². The fraction of sp³-hybridized carbons (Fsp3) is 0.308. The zero-order chi connectivity index (χ0) is 23.7. The Morgan fingerprint density at radius 3 is 2.15 bits per heavy atom. The molecule has 0 atom stereocenters. The zero-order valence-corrected chi connectivity index (χ0v) is 19.4. The minimum Gasteiger partial charge on any atom is -0.490 e. The molecule has 2 heterocycles. The van der Waals surface area contributed by atoms with Crippen LogP contribution in [0.3, 0.4) is 0 Å². The van der Waals surface area contributed by atoms with Gasteiger partial charge in [-0.15, -0.1) is 0 Å². The molecule has 2 aromatic heterocycles. The van der Waals surface area contributed by atoms with E-state index in [9.17, 15) is 0 Å². The first kappa shape index (κ1) is 22.0. The van der Waals surface area contributed by atoms with Gasteiger partial charge in [0.1, 0.15) is 17.6 Å². The lowest BCUT2D eigenvalue weighted by molar-refractivity contribution is 0.101. The molecule has 2 aromatic carbocycles. The number of rotatable bonds is 7. The Kier molecular flexibility index (Phi) is 5.75. The van der Waals surface area contributed by atoms with Gasteiger partial charge in [-0.3, -0.25) is 0 Å². The second kappa shape index (κ2) is 8.87. The average molecular weight is 458 g/mol. The third kappa shape index (κ3) is 4.63. The van der Waals surface area contributed by atoms with Crippen molar-refractivity contribution in [2.75, 3.05) is 0 Å². The highest BCUT2D eigenvalue weighted by molar-refractivity contribution is 5.43. The Balaban J connectivity index is 1.27. The third-order valence-electron chi connectivity index (χ3n) is 6.16. The maximum absolute atomic E-state index is 5.98. The maximum Gasteiger partial charge on any atom is 0.295 e. The monoisotopic (exact) mass is 457 g/mol. The number of ether oxygens (including phenoxy) is 2. The summed E-state index contributed by atoms with van der Waals surface area (Å²) < 4.78 is 17.0. The van der Waals surface area contributed by atoms with Crippen molar-refractivity contribution < 1.29 is 14.0 Å². The normalized spacial score (nSPS) is 17.8. The summed E-state index contributed by atoms with van der Waals surface area (Å²) in [6, 6.07) is 18.3. The van der Waals surface area contributed by atoms with Gasteiger partial charge in [-0.25, -0.2) is 4.98 Å². The molecular formula is C26H27N5O3. The van der Waals surface area contributed by atoms with Crippen LogP contribution >= 0.6 is 0 Å². The standard InChI is InChI=1S/C26H27N5O3/c1-16-29-25(34-31-16)24-28-13-12-23(30-24)33-21-10-6-18(7-11-21)26(2,3)17-4-8-20(9-5-17)32-22-14-19(27)15-22/h4-13,19,22H,14-15,27H2,1-3H3. The molecule has 0 spiro atoms. The molecule has 4 aromatic rings. The maximum atomic E-state index is 5.98. The third-order valence-corrected chi connectivity index (χ3v) is 6.16. The summed E-state index contributed by atoms with van der Waals surface area (Å²) in [6.45, 7) is 6.14. The Bertz CT molecular complexity index is 1260. The van der Waals surface area contributed by atoms with E-state index in [2.05, 4.69) is 58.2 Å². The largest absolute Gasteiger partial charge is 0.490 e. The summed E-state index contributed by atoms with van der Waals surface area (Å²) in [5.74, 6) is 3.06. The fourth-order valence-electron chi connectivity index (χ4n) is 3.96. The molecule has 5 rings (SSSR count). The predicted molar refractivity (Wildman–Crippen MR) is 127 cm³/mol. The molecule has 0 aliphatic heterocycles. The van der Waals surface area contributed by atoms with E-state index in [0.29, 0.717) is 23.3 Å². The van der Waals surface area contributed by atoms with Crippen molar-refractivity contribution in [1.29, 1.82) is 0 Å². The molecule has 0 unspecified atom stereocenters.